The average molecular weight is 494 g/mol. The summed E-state index contributed by atoms with van der Waals surface area (Å²) in [6, 6.07) is 0.687. The van der Waals surface area contributed by atoms with Gasteiger partial charge in [0, 0.05) is 6.20 Å². The lowest BCUT2D eigenvalue weighted by molar-refractivity contribution is -0.149. The van der Waals surface area contributed by atoms with Gasteiger partial charge in [0.15, 0.2) is 6.10 Å². The van der Waals surface area contributed by atoms with Crippen molar-refractivity contribution in [2.75, 3.05) is 25.0 Å². The summed E-state index contributed by atoms with van der Waals surface area (Å²) in [6.45, 7) is 5.24. The molecule has 0 radical (unpaired) electrons. The second-order valence-corrected chi connectivity index (χ2v) is 10.4. The van der Waals surface area contributed by atoms with Crippen LogP contribution in [0.4, 0.5) is 14.6 Å². The van der Waals surface area contributed by atoms with Gasteiger partial charge in [-0.2, -0.15) is 13.8 Å². The molecular weight excluding hydrogens is 465 g/mol. The monoisotopic (exact) mass is 494 g/mol. The first-order valence-electron chi connectivity index (χ1n) is 10.7. The molecule has 1 aromatic rings. The number of hydrogen-bond donors (Lipinski definition) is 2. The maximum Gasteiger partial charge on any atom is 0.351 e. The number of unbranched alkanes of at least 4 members (excludes halogenated alkanes) is 1. The van der Waals surface area contributed by atoms with Gasteiger partial charge in [-0.05, 0) is 46.2 Å². The number of rotatable bonds is 9. The van der Waals surface area contributed by atoms with E-state index in [1.54, 1.807) is 20.8 Å². The van der Waals surface area contributed by atoms with Crippen molar-refractivity contribution in [3.8, 4) is 0 Å². The molecule has 3 rings (SSSR count). The van der Waals surface area contributed by atoms with Crippen LogP contribution in [-0.2, 0) is 27.9 Å². The fourth-order valence-electron chi connectivity index (χ4n) is 3.51. The Hall–Kier alpha value is -1.92. The van der Waals surface area contributed by atoms with E-state index in [2.05, 4.69) is 10.3 Å². The standard InChI is InChI=1S/C19H29F2N4O7P/c1-11(2)30-16(26)12(3)23-7-4-5-9-33(28)29-10-13-15(32-33)19(20,21)17(31-13)25-8-6-14(22)24-18(25)27/h6,8,11-13,15,17,23H,4-5,7,9-10H2,1-3H3,(H2,22,24,27)/t12-,13-,15-,17-,33?/m1/s1. The first-order valence-corrected chi connectivity index (χ1v) is 12.4. The number of nitrogens with one attached hydrogen (secondary N) is 1. The summed E-state index contributed by atoms with van der Waals surface area (Å²) in [5, 5.41) is 2.99. The van der Waals surface area contributed by atoms with Crippen LogP contribution in [0.25, 0.3) is 0 Å². The Morgan fingerprint density at radius 1 is 1.42 bits per heavy atom. The molecule has 2 aliphatic rings. The minimum atomic E-state index is -3.81. The number of carbonyl (C=O) groups is 1. The molecule has 1 unspecified atom stereocenters. The van der Waals surface area contributed by atoms with Gasteiger partial charge in [0.05, 0.1) is 18.9 Å². The van der Waals surface area contributed by atoms with Gasteiger partial charge >= 0.3 is 25.2 Å². The number of carbonyl (C=O) groups excluding carboxylic acids is 1. The van der Waals surface area contributed by atoms with Crippen molar-refractivity contribution in [1.82, 2.24) is 14.9 Å². The van der Waals surface area contributed by atoms with E-state index >= 15 is 8.78 Å². The minimum absolute atomic E-state index is 0.0765. The van der Waals surface area contributed by atoms with E-state index in [-0.39, 0.29) is 30.7 Å². The van der Waals surface area contributed by atoms with Gasteiger partial charge in [-0.25, -0.2) is 4.79 Å². The largest absolute Gasteiger partial charge is 0.462 e. The maximum absolute atomic E-state index is 15.1. The van der Waals surface area contributed by atoms with Crippen molar-refractivity contribution in [3.05, 3.63) is 22.7 Å². The molecule has 0 bridgehead atoms. The number of aromatic nitrogens is 2. The van der Waals surface area contributed by atoms with Gasteiger partial charge < -0.3 is 25.0 Å². The van der Waals surface area contributed by atoms with Crippen LogP contribution in [0.1, 0.15) is 39.8 Å². The molecule has 1 aromatic heterocycles. The summed E-state index contributed by atoms with van der Waals surface area (Å²) >= 11 is 0. The van der Waals surface area contributed by atoms with Gasteiger partial charge in [-0.1, -0.05) is 0 Å². The summed E-state index contributed by atoms with van der Waals surface area (Å²) in [6.07, 6.45) is -3.40. The Morgan fingerprint density at radius 2 is 2.15 bits per heavy atom. The van der Waals surface area contributed by atoms with Gasteiger partial charge in [-0.3, -0.25) is 18.5 Å². The highest BCUT2D eigenvalue weighted by Gasteiger charge is 2.64. The van der Waals surface area contributed by atoms with Crippen LogP contribution in [0.2, 0.25) is 0 Å². The SMILES string of the molecule is CC(C)OC(=O)[C@@H](C)NCCCCP1(=O)OC[C@H]2O[C@@H](n3ccc(N)nc3=O)C(F)(F)[C@@H]2O1. The Balaban J connectivity index is 1.53. The predicted octanol–water partition coefficient (Wildman–Crippen LogP) is 1.68. The zero-order valence-corrected chi connectivity index (χ0v) is 19.5. The number of nitrogens with two attached hydrogens (primary N) is 1. The summed E-state index contributed by atoms with van der Waals surface area (Å²) in [5.41, 5.74) is 4.40. The number of nitrogen functional groups attached to an aromatic ring is 1. The lowest BCUT2D eigenvalue weighted by Crippen LogP contribution is -2.45. The van der Waals surface area contributed by atoms with E-state index in [4.69, 9.17) is 24.3 Å². The molecule has 0 amide bonds. The molecule has 14 heteroatoms. The lowest BCUT2D eigenvalue weighted by atomic mass is 10.1. The smallest absolute Gasteiger partial charge is 0.351 e. The molecule has 0 saturated carbocycles. The van der Waals surface area contributed by atoms with Crippen LogP contribution in [0.5, 0.6) is 0 Å². The van der Waals surface area contributed by atoms with Gasteiger partial charge in [-0.15, -0.1) is 0 Å². The molecule has 2 fully saturated rings. The second-order valence-electron chi connectivity index (χ2n) is 8.27. The number of anilines is 1. The number of nitrogens with zero attached hydrogens (tertiary/aromatic N) is 2. The molecule has 2 aliphatic heterocycles. The lowest BCUT2D eigenvalue weighted by Gasteiger charge is -2.32. The van der Waals surface area contributed by atoms with Crippen LogP contribution < -0.4 is 16.7 Å². The van der Waals surface area contributed by atoms with Crippen LogP contribution in [0.3, 0.4) is 0 Å². The zero-order chi connectivity index (χ0) is 24.4. The Bertz CT molecular complexity index is 960. The van der Waals surface area contributed by atoms with Gasteiger partial charge in [0.1, 0.15) is 18.0 Å². The van der Waals surface area contributed by atoms with E-state index in [0.717, 1.165) is 6.20 Å². The Morgan fingerprint density at radius 3 is 2.82 bits per heavy atom. The first-order chi connectivity index (χ1) is 15.4. The number of alkyl halides is 2. The van der Waals surface area contributed by atoms with E-state index < -0.39 is 43.7 Å². The Kier molecular flexibility index (Phi) is 7.90. The van der Waals surface area contributed by atoms with Crippen LogP contribution in [0, 0.1) is 0 Å². The average Bonchev–Trinajstić information content (AvgIpc) is 2.97. The topological polar surface area (TPSA) is 144 Å². The number of halogens is 2. The van der Waals surface area contributed by atoms with Crippen molar-refractivity contribution >= 4 is 19.4 Å². The van der Waals surface area contributed by atoms with Crippen LogP contribution in [0.15, 0.2) is 17.1 Å². The number of ether oxygens (including phenoxy) is 2. The van der Waals surface area contributed by atoms with E-state index in [1.165, 1.54) is 6.07 Å². The number of fused-ring (bicyclic) bond motifs is 1. The highest BCUT2D eigenvalue weighted by Crippen LogP contribution is 2.59. The van der Waals surface area contributed by atoms with Crippen molar-refractivity contribution < 1.29 is 36.7 Å². The van der Waals surface area contributed by atoms with Crippen molar-refractivity contribution in [2.24, 2.45) is 0 Å². The molecule has 186 valence electrons. The van der Waals surface area contributed by atoms with Crippen LogP contribution in [-0.4, -0.2) is 65.1 Å². The van der Waals surface area contributed by atoms with E-state index in [1.807, 2.05) is 0 Å². The fourth-order valence-corrected chi connectivity index (χ4v) is 5.41. The summed E-state index contributed by atoms with van der Waals surface area (Å²) < 4.78 is 64.6. The zero-order valence-electron chi connectivity index (χ0n) is 18.6. The van der Waals surface area contributed by atoms with Crippen molar-refractivity contribution in [2.45, 2.75) is 70.1 Å². The minimum Gasteiger partial charge on any atom is -0.462 e. The molecule has 33 heavy (non-hydrogen) atoms. The highest BCUT2D eigenvalue weighted by molar-refractivity contribution is 7.53. The maximum atomic E-state index is 15.1. The third-order valence-electron chi connectivity index (χ3n) is 5.18. The quantitative estimate of drug-likeness (QED) is 0.296. The molecule has 0 aromatic carbocycles. The third-order valence-corrected chi connectivity index (χ3v) is 7.13. The summed E-state index contributed by atoms with van der Waals surface area (Å²) in [4.78, 5) is 27.2. The molecule has 11 nitrogen and oxygen atoms in total. The van der Waals surface area contributed by atoms with Gasteiger partial charge in [0.25, 0.3) is 0 Å². The number of hydrogen-bond acceptors (Lipinski definition) is 10. The van der Waals surface area contributed by atoms with E-state index in [9.17, 15) is 14.2 Å². The Labute approximate surface area is 189 Å². The first kappa shape index (κ1) is 25.7. The van der Waals surface area contributed by atoms with Gasteiger partial charge in [0.2, 0.25) is 6.23 Å². The van der Waals surface area contributed by atoms with Crippen molar-refractivity contribution in [1.29, 1.82) is 0 Å². The summed E-state index contributed by atoms with van der Waals surface area (Å²) in [7, 11) is -3.81. The second kappa shape index (κ2) is 10.1. The third kappa shape index (κ3) is 5.96. The molecule has 0 aliphatic carbocycles. The molecule has 2 saturated heterocycles. The van der Waals surface area contributed by atoms with Crippen LogP contribution >= 0.6 is 7.60 Å². The highest BCUT2D eigenvalue weighted by atomic mass is 31.2. The predicted molar refractivity (Wildman–Crippen MR) is 113 cm³/mol. The molecule has 3 N–H and O–H groups in total. The van der Waals surface area contributed by atoms with E-state index in [0.29, 0.717) is 24.0 Å². The molecule has 5 atom stereocenters. The normalized spacial score (nSPS) is 29.6. The number of esters is 1. The fraction of sp³-hybridized carbons (Fsp3) is 0.737. The molecule has 3 heterocycles. The molecule has 0 spiro atoms. The van der Waals surface area contributed by atoms with Crippen molar-refractivity contribution in [3.63, 3.8) is 0 Å². The molecular formula is C19H29F2N4O7P. The summed E-state index contributed by atoms with van der Waals surface area (Å²) in [5.74, 6) is -4.14.